The molecule has 0 amide bonds. The van der Waals surface area contributed by atoms with Crippen LogP contribution >= 0.6 is 0 Å². The minimum absolute atomic E-state index is 0.206. The van der Waals surface area contributed by atoms with E-state index < -0.39 is 0 Å². The van der Waals surface area contributed by atoms with E-state index in [2.05, 4.69) is 93.7 Å². The van der Waals surface area contributed by atoms with Crippen LogP contribution in [0.1, 0.15) is 64.0 Å². The lowest BCUT2D eigenvalue weighted by atomic mass is 9.73. The molecule has 134 valence electrons. The molecule has 0 atom stereocenters. The summed E-state index contributed by atoms with van der Waals surface area (Å²) in [6, 6.07) is 9.44. The maximum Gasteiger partial charge on any atom is 0.0135 e. The summed E-state index contributed by atoms with van der Waals surface area (Å²) in [7, 11) is 0. The van der Waals surface area contributed by atoms with Crippen molar-refractivity contribution in [3.05, 3.63) is 71.8 Å². The lowest BCUT2D eigenvalue weighted by molar-refractivity contribution is 0.162. The summed E-state index contributed by atoms with van der Waals surface area (Å²) < 4.78 is 0. The third kappa shape index (κ3) is 5.19. The van der Waals surface area contributed by atoms with Crippen molar-refractivity contribution < 1.29 is 0 Å². The first-order chi connectivity index (χ1) is 11.8. The minimum Gasteiger partial charge on any atom is -0.307 e. The van der Waals surface area contributed by atoms with Gasteiger partial charge in [-0.2, -0.15) is 0 Å². The van der Waals surface area contributed by atoms with E-state index in [1.165, 1.54) is 30.4 Å². The van der Waals surface area contributed by atoms with Crippen LogP contribution in [0, 0.1) is 5.92 Å². The molecule has 1 aliphatic carbocycles. The van der Waals surface area contributed by atoms with E-state index in [0.717, 1.165) is 6.42 Å². The molecule has 3 rings (SSSR count). The Labute approximate surface area is 153 Å². The summed E-state index contributed by atoms with van der Waals surface area (Å²) in [5.74, 6) is 1.21. The molecule has 0 spiro atoms. The van der Waals surface area contributed by atoms with Gasteiger partial charge in [-0.05, 0) is 76.3 Å². The van der Waals surface area contributed by atoms with Crippen molar-refractivity contribution in [1.82, 2.24) is 5.32 Å². The standard InChI is InChI=1S/C24H33N/c1-23(2)17-22(18-24(3,4)25-23)21-15-13-20(14-16-21)12-11-19-9-7-5-6-8-10-19/h5-10,13-16,19,22,25H,11-12,17-18H2,1-4H3. The van der Waals surface area contributed by atoms with Crippen molar-refractivity contribution in [2.45, 2.75) is 70.4 Å². The average Bonchev–Trinajstić information content (AvgIpc) is 2.79. The molecule has 1 fully saturated rings. The molecule has 1 nitrogen and oxygen atoms in total. The van der Waals surface area contributed by atoms with Crippen molar-refractivity contribution in [1.29, 1.82) is 0 Å². The Hall–Kier alpha value is -1.60. The SMILES string of the molecule is CC1(C)CC(c2ccc(CCC3C=CC=CC=C3)cc2)CC(C)(C)N1. The predicted molar refractivity (Wildman–Crippen MR) is 109 cm³/mol. The molecular formula is C24H33N. The van der Waals surface area contributed by atoms with Gasteiger partial charge in [-0.3, -0.25) is 0 Å². The normalized spacial score (nSPS) is 22.9. The second-order valence-corrected chi connectivity index (χ2v) is 9.10. The number of nitrogens with one attached hydrogen (secondary N) is 1. The maximum atomic E-state index is 3.79. The van der Waals surface area contributed by atoms with Crippen LogP contribution in [0.25, 0.3) is 0 Å². The second kappa shape index (κ2) is 7.33. The fourth-order valence-electron chi connectivity index (χ4n) is 4.65. The molecule has 1 heteroatoms. The number of hydrogen-bond acceptors (Lipinski definition) is 1. The zero-order valence-corrected chi connectivity index (χ0v) is 16.3. The molecule has 1 saturated heterocycles. The summed E-state index contributed by atoms with van der Waals surface area (Å²) in [5, 5.41) is 3.79. The van der Waals surface area contributed by atoms with Gasteiger partial charge in [0.05, 0.1) is 0 Å². The molecule has 25 heavy (non-hydrogen) atoms. The molecule has 1 N–H and O–H groups in total. The molecule has 0 saturated carbocycles. The number of allylic oxidation sites excluding steroid dienone is 6. The Kier molecular flexibility index (Phi) is 5.34. The van der Waals surface area contributed by atoms with Gasteiger partial charge in [0.25, 0.3) is 0 Å². The highest BCUT2D eigenvalue weighted by molar-refractivity contribution is 5.28. The van der Waals surface area contributed by atoms with E-state index in [9.17, 15) is 0 Å². The molecule has 0 aromatic heterocycles. The van der Waals surface area contributed by atoms with Crippen LogP contribution in [-0.4, -0.2) is 11.1 Å². The Morgan fingerprint density at radius 2 is 1.40 bits per heavy atom. The molecule has 1 heterocycles. The van der Waals surface area contributed by atoms with Crippen LogP contribution in [0.5, 0.6) is 0 Å². The lowest BCUT2D eigenvalue weighted by Gasteiger charge is -2.46. The third-order valence-electron chi connectivity index (χ3n) is 5.46. The number of piperidine rings is 1. The Balaban J connectivity index is 1.62. The highest BCUT2D eigenvalue weighted by Gasteiger charge is 2.37. The number of hydrogen-bond donors (Lipinski definition) is 1. The smallest absolute Gasteiger partial charge is 0.0135 e. The van der Waals surface area contributed by atoms with E-state index in [-0.39, 0.29) is 11.1 Å². The molecule has 0 radical (unpaired) electrons. The number of rotatable bonds is 4. The van der Waals surface area contributed by atoms with Gasteiger partial charge in [-0.15, -0.1) is 0 Å². The minimum atomic E-state index is 0.206. The predicted octanol–water partition coefficient (Wildman–Crippen LogP) is 5.94. The van der Waals surface area contributed by atoms with E-state index in [0.29, 0.717) is 11.8 Å². The molecule has 0 unspecified atom stereocenters. The van der Waals surface area contributed by atoms with Crippen molar-refractivity contribution in [3.63, 3.8) is 0 Å². The van der Waals surface area contributed by atoms with Gasteiger partial charge in [0.1, 0.15) is 0 Å². The zero-order chi connectivity index (χ0) is 17.9. The van der Waals surface area contributed by atoms with Gasteiger partial charge >= 0.3 is 0 Å². The van der Waals surface area contributed by atoms with Crippen molar-refractivity contribution in [3.8, 4) is 0 Å². The second-order valence-electron chi connectivity index (χ2n) is 9.10. The first kappa shape index (κ1) is 18.2. The van der Waals surface area contributed by atoms with E-state index in [4.69, 9.17) is 0 Å². The van der Waals surface area contributed by atoms with Gasteiger partial charge in [-0.25, -0.2) is 0 Å². The van der Waals surface area contributed by atoms with Crippen LogP contribution in [-0.2, 0) is 6.42 Å². The summed E-state index contributed by atoms with van der Waals surface area (Å²) >= 11 is 0. The first-order valence-electron chi connectivity index (χ1n) is 9.73. The third-order valence-corrected chi connectivity index (χ3v) is 5.46. The Bertz CT molecular complexity index is 626. The monoisotopic (exact) mass is 335 g/mol. The number of benzene rings is 1. The van der Waals surface area contributed by atoms with Crippen molar-refractivity contribution >= 4 is 0 Å². The highest BCUT2D eigenvalue weighted by atomic mass is 15.0. The molecule has 1 aromatic rings. The van der Waals surface area contributed by atoms with E-state index in [1.807, 2.05) is 0 Å². The quantitative estimate of drug-likeness (QED) is 0.718. The van der Waals surface area contributed by atoms with Gasteiger partial charge in [0.15, 0.2) is 0 Å². The summed E-state index contributed by atoms with van der Waals surface area (Å²) in [6.07, 6.45) is 17.9. The highest BCUT2D eigenvalue weighted by Crippen LogP contribution is 2.39. The van der Waals surface area contributed by atoms with Gasteiger partial charge in [0, 0.05) is 11.1 Å². The summed E-state index contributed by atoms with van der Waals surface area (Å²) in [6.45, 7) is 9.33. The summed E-state index contributed by atoms with van der Waals surface area (Å²) in [4.78, 5) is 0. The maximum absolute atomic E-state index is 3.79. The molecule has 0 bridgehead atoms. The number of aryl methyl sites for hydroxylation is 1. The van der Waals surface area contributed by atoms with Crippen molar-refractivity contribution in [2.24, 2.45) is 5.92 Å². The van der Waals surface area contributed by atoms with E-state index in [1.54, 1.807) is 0 Å². The Morgan fingerprint density at radius 1 is 0.840 bits per heavy atom. The zero-order valence-electron chi connectivity index (χ0n) is 16.3. The largest absolute Gasteiger partial charge is 0.307 e. The first-order valence-corrected chi connectivity index (χ1v) is 9.73. The van der Waals surface area contributed by atoms with Crippen LogP contribution in [0.4, 0.5) is 0 Å². The van der Waals surface area contributed by atoms with Crippen LogP contribution in [0.3, 0.4) is 0 Å². The molecule has 1 aromatic carbocycles. The molecular weight excluding hydrogens is 302 g/mol. The van der Waals surface area contributed by atoms with Crippen LogP contribution < -0.4 is 5.32 Å². The molecule has 1 aliphatic heterocycles. The van der Waals surface area contributed by atoms with E-state index >= 15 is 0 Å². The van der Waals surface area contributed by atoms with Gasteiger partial charge in [0.2, 0.25) is 0 Å². The summed E-state index contributed by atoms with van der Waals surface area (Å²) in [5.41, 5.74) is 3.37. The van der Waals surface area contributed by atoms with Crippen LogP contribution in [0.15, 0.2) is 60.7 Å². The lowest BCUT2D eigenvalue weighted by Crippen LogP contribution is -2.57. The van der Waals surface area contributed by atoms with Gasteiger partial charge < -0.3 is 5.32 Å². The fraction of sp³-hybridized carbons (Fsp3) is 0.500. The average molecular weight is 336 g/mol. The fourth-order valence-corrected chi connectivity index (χ4v) is 4.65. The van der Waals surface area contributed by atoms with Gasteiger partial charge in [-0.1, -0.05) is 60.7 Å². The van der Waals surface area contributed by atoms with Crippen LogP contribution in [0.2, 0.25) is 0 Å². The topological polar surface area (TPSA) is 12.0 Å². The molecule has 2 aliphatic rings. The van der Waals surface area contributed by atoms with Crippen molar-refractivity contribution in [2.75, 3.05) is 0 Å². The Morgan fingerprint density at radius 3 is 1.96 bits per heavy atom.